The Morgan fingerprint density at radius 1 is 1.03 bits per heavy atom. The van der Waals surface area contributed by atoms with Crippen LogP contribution in [-0.4, -0.2) is 42.0 Å². The predicted octanol–water partition coefficient (Wildman–Crippen LogP) is 3.95. The van der Waals surface area contributed by atoms with Crippen LogP contribution in [0.15, 0.2) is 29.4 Å². The Kier molecular flexibility index (Phi) is 14.1. The molecule has 0 saturated carbocycles. The number of carbonyl (C=O) groups is 3. The largest absolute Gasteiger partial charge is 0.480 e. The average molecular weight is 543 g/mol. The first kappa shape index (κ1) is 26.7. The van der Waals surface area contributed by atoms with Gasteiger partial charge >= 0.3 is 5.97 Å². The minimum Gasteiger partial charge on any atom is -0.480 e. The molecule has 2 amide bonds. The van der Waals surface area contributed by atoms with Gasteiger partial charge in [0.25, 0.3) is 0 Å². The molecular formula is C21H30IN5O4. The van der Waals surface area contributed by atoms with Crippen LogP contribution in [0.4, 0.5) is 0 Å². The zero-order valence-electron chi connectivity index (χ0n) is 17.6. The predicted molar refractivity (Wildman–Crippen MR) is 126 cm³/mol. The molecular weight excluding hydrogens is 513 g/mol. The van der Waals surface area contributed by atoms with Crippen LogP contribution in [0.1, 0.15) is 56.9 Å². The van der Waals surface area contributed by atoms with Crippen LogP contribution >= 0.6 is 22.6 Å². The Morgan fingerprint density at radius 2 is 1.74 bits per heavy atom. The lowest BCUT2D eigenvalue weighted by molar-refractivity contribution is -0.142. The number of nitrogens with zero attached hydrogens (tertiary/aromatic N) is 3. The van der Waals surface area contributed by atoms with E-state index in [0.29, 0.717) is 51.6 Å². The van der Waals surface area contributed by atoms with Gasteiger partial charge in [0, 0.05) is 34.4 Å². The molecule has 1 rings (SSSR count). The number of aryl methyl sites for hydroxylation is 1. The third-order valence-corrected chi connectivity index (χ3v) is 5.35. The van der Waals surface area contributed by atoms with E-state index in [2.05, 4.69) is 67.5 Å². The molecule has 0 unspecified atom stereocenters. The molecule has 9 nitrogen and oxygen atoms in total. The molecule has 0 aromatic heterocycles. The van der Waals surface area contributed by atoms with Gasteiger partial charge in [-0.1, -0.05) is 17.2 Å². The third-order valence-electron chi connectivity index (χ3n) is 4.63. The topological polar surface area (TPSA) is 144 Å². The lowest BCUT2D eigenvalue weighted by atomic mass is 10.1. The van der Waals surface area contributed by atoms with E-state index in [-0.39, 0.29) is 18.2 Å². The minimum atomic E-state index is -1.07. The number of carbonyl (C=O) groups excluding carboxylic acids is 2. The van der Waals surface area contributed by atoms with Crippen molar-refractivity contribution in [3.05, 3.63) is 43.8 Å². The van der Waals surface area contributed by atoms with Crippen LogP contribution in [0.5, 0.6) is 0 Å². The zero-order chi connectivity index (χ0) is 22.9. The highest BCUT2D eigenvalue weighted by Crippen LogP contribution is 2.09. The van der Waals surface area contributed by atoms with Gasteiger partial charge in [-0.15, -0.1) is 0 Å². The quantitative estimate of drug-likeness (QED) is 0.0954. The van der Waals surface area contributed by atoms with Gasteiger partial charge in [-0.05, 0) is 90.8 Å². The van der Waals surface area contributed by atoms with E-state index in [0.717, 1.165) is 12.8 Å². The molecule has 0 aliphatic heterocycles. The Balaban J connectivity index is 2.13. The number of halogens is 1. The molecule has 0 spiro atoms. The fraction of sp³-hybridized carbons (Fsp3) is 0.571. The Bertz CT molecular complexity index is 751. The first-order chi connectivity index (χ1) is 14.9. The summed E-state index contributed by atoms with van der Waals surface area (Å²) < 4.78 is 1.19. The summed E-state index contributed by atoms with van der Waals surface area (Å²) in [6.45, 7) is 0.811. The number of unbranched alkanes of at least 4 members (excludes halogenated alkanes) is 2. The molecule has 1 aromatic rings. The van der Waals surface area contributed by atoms with Crippen molar-refractivity contribution in [2.45, 2.75) is 63.8 Å². The number of azide groups is 1. The molecule has 31 heavy (non-hydrogen) atoms. The average Bonchev–Trinajstić information content (AvgIpc) is 2.73. The summed E-state index contributed by atoms with van der Waals surface area (Å²) in [6.07, 6.45) is 4.95. The standard InChI is InChI=1S/C21H30IN5O4/c22-17-12-10-16(11-13-17)6-5-9-19(28)24-14-3-1-7-18(21(30)31)26-20(29)8-2-4-15-25-27-23/h10-13,18H,1-9,14-15H2,(H,24,28)(H,26,29)(H,30,31)/t18-/m1/s1. The summed E-state index contributed by atoms with van der Waals surface area (Å²) in [5.41, 5.74) is 9.40. The maximum absolute atomic E-state index is 11.9. The summed E-state index contributed by atoms with van der Waals surface area (Å²) >= 11 is 2.26. The summed E-state index contributed by atoms with van der Waals surface area (Å²) in [6, 6.07) is 7.31. The van der Waals surface area contributed by atoms with Gasteiger partial charge in [0.05, 0.1) is 0 Å². The van der Waals surface area contributed by atoms with Crippen LogP contribution in [0.3, 0.4) is 0 Å². The van der Waals surface area contributed by atoms with Crippen molar-refractivity contribution in [1.29, 1.82) is 0 Å². The number of aliphatic carboxylic acids is 1. The van der Waals surface area contributed by atoms with Gasteiger partial charge < -0.3 is 15.7 Å². The fourth-order valence-corrected chi connectivity index (χ4v) is 3.29. The molecule has 0 fully saturated rings. The third kappa shape index (κ3) is 13.6. The molecule has 1 aromatic carbocycles. The number of carboxylic acid groups (broad SMARTS) is 1. The summed E-state index contributed by atoms with van der Waals surface area (Å²) in [5.74, 6) is -1.40. The second-order valence-electron chi connectivity index (χ2n) is 7.20. The van der Waals surface area contributed by atoms with E-state index in [4.69, 9.17) is 5.53 Å². The van der Waals surface area contributed by atoms with E-state index in [1.807, 2.05) is 0 Å². The SMILES string of the molecule is [N-]=[N+]=NCCCCC(=O)N[C@H](CCCCNC(=O)CCCc1ccc(I)cc1)C(=O)O. The maximum Gasteiger partial charge on any atom is 0.326 e. The summed E-state index contributed by atoms with van der Waals surface area (Å²) in [5, 5.41) is 18.0. The zero-order valence-corrected chi connectivity index (χ0v) is 19.7. The van der Waals surface area contributed by atoms with Crippen LogP contribution in [-0.2, 0) is 20.8 Å². The summed E-state index contributed by atoms with van der Waals surface area (Å²) in [4.78, 5) is 37.7. The highest BCUT2D eigenvalue weighted by Gasteiger charge is 2.19. The van der Waals surface area contributed by atoms with E-state index < -0.39 is 12.0 Å². The molecule has 0 saturated heterocycles. The minimum absolute atomic E-state index is 0.00525. The van der Waals surface area contributed by atoms with Gasteiger partial charge in [-0.2, -0.15) is 0 Å². The van der Waals surface area contributed by atoms with E-state index in [1.54, 1.807) is 0 Å². The second-order valence-corrected chi connectivity index (χ2v) is 8.44. The molecule has 0 heterocycles. The number of rotatable bonds is 16. The Labute approximate surface area is 196 Å². The highest BCUT2D eigenvalue weighted by molar-refractivity contribution is 14.1. The number of carboxylic acids is 1. The fourth-order valence-electron chi connectivity index (χ4n) is 2.93. The van der Waals surface area contributed by atoms with Crippen molar-refractivity contribution in [3.63, 3.8) is 0 Å². The van der Waals surface area contributed by atoms with Crippen molar-refractivity contribution in [2.75, 3.05) is 13.1 Å². The summed E-state index contributed by atoms with van der Waals surface area (Å²) in [7, 11) is 0. The number of hydrogen-bond acceptors (Lipinski definition) is 4. The highest BCUT2D eigenvalue weighted by atomic mass is 127. The monoisotopic (exact) mass is 543 g/mol. The molecule has 1 atom stereocenters. The number of nitrogens with one attached hydrogen (secondary N) is 2. The van der Waals surface area contributed by atoms with E-state index in [9.17, 15) is 19.5 Å². The van der Waals surface area contributed by atoms with Gasteiger partial charge in [0.1, 0.15) is 6.04 Å². The lowest BCUT2D eigenvalue weighted by Gasteiger charge is -2.14. The van der Waals surface area contributed by atoms with Crippen molar-refractivity contribution < 1.29 is 19.5 Å². The Hall–Kier alpha value is -2.33. The van der Waals surface area contributed by atoms with Crippen LogP contribution in [0, 0.1) is 3.57 Å². The molecule has 0 bridgehead atoms. The Morgan fingerprint density at radius 3 is 2.42 bits per heavy atom. The van der Waals surface area contributed by atoms with Crippen molar-refractivity contribution in [2.24, 2.45) is 5.11 Å². The molecule has 3 N–H and O–H groups in total. The second kappa shape index (κ2) is 16.4. The first-order valence-electron chi connectivity index (χ1n) is 10.5. The molecule has 170 valence electrons. The van der Waals surface area contributed by atoms with E-state index in [1.165, 1.54) is 9.13 Å². The van der Waals surface area contributed by atoms with Crippen molar-refractivity contribution >= 4 is 40.4 Å². The molecule has 10 heteroatoms. The molecule has 0 aliphatic carbocycles. The number of hydrogen-bond donors (Lipinski definition) is 3. The van der Waals surface area contributed by atoms with Gasteiger partial charge in [0.2, 0.25) is 11.8 Å². The number of amides is 2. The smallest absolute Gasteiger partial charge is 0.326 e. The molecule has 0 radical (unpaired) electrons. The lowest BCUT2D eigenvalue weighted by Crippen LogP contribution is -2.40. The van der Waals surface area contributed by atoms with Crippen LogP contribution < -0.4 is 10.6 Å². The van der Waals surface area contributed by atoms with Crippen LogP contribution in [0.25, 0.3) is 10.4 Å². The van der Waals surface area contributed by atoms with E-state index >= 15 is 0 Å². The van der Waals surface area contributed by atoms with Gasteiger partial charge in [0.15, 0.2) is 0 Å². The van der Waals surface area contributed by atoms with Crippen molar-refractivity contribution in [1.82, 2.24) is 10.6 Å². The van der Waals surface area contributed by atoms with Gasteiger partial charge in [-0.3, -0.25) is 9.59 Å². The molecule has 0 aliphatic rings. The first-order valence-corrected chi connectivity index (χ1v) is 11.5. The van der Waals surface area contributed by atoms with Gasteiger partial charge in [-0.25, -0.2) is 4.79 Å². The van der Waals surface area contributed by atoms with Crippen molar-refractivity contribution in [3.8, 4) is 0 Å². The maximum atomic E-state index is 11.9. The number of benzene rings is 1. The normalized spacial score (nSPS) is 11.3. The van der Waals surface area contributed by atoms with Crippen LogP contribution in [0.2, 0.25) is 0 Å².